The van der Waals surface area contributed by atoms with Crippen molar-refractivity contribution in [3.63, 3.8) is 0 Å². The highest BCUT2D eigenvalue weighted by Gasteiger charge is 2.12. The van der Waals surface area contributed by atoms with Gasteiger partial charge in [-0.2, -0.15) is 0 Å². The van der Waals surface area contributed by atoms with Crippen LogP contribution in [-0.2, 0) is 11.3 Å². The molecule has 2 unspecified atom stereocenters. The number of nitrogens with zero attached hydrogens (tertiary/aromatic N) is 1. The number of hydrogen-bond donors (Lipinski definition) is 2. The van der Waals surface area contributed by atoms with Crippen molar-refractivity contribution < 1.29 is 4.79 Å². The van der Waals surface area contributed by atoms with Gasteiger partial charge in [0.15, 0.2) is 0 Å². The molecule has 1 aromatic heterocycles. The third-order valence-corrected chi connectivity index (χ3v) is 3.68. The predicted molar refractivity (Wildman–Crippen MR) is 75.4 cm³/mol. The second-order valence-electron chi connectivity index (χ2n) is 4.88. The lowest BCUT2D eigenvalue weighted by molar-refractivity contribution is -0.124. The van der Waals surface area contributed by atoms with Crippen molar-refractivity contribution in [2.45, 2.75) is 52.6 Å². The van der Waals surface area contributed by atoms with Crippen LogP contribution in [0.5, 0.6) is 0 Å². The molecule has 5 heteroatoms. The highest BCUT2D eigenvalue weighted by Crippen LogP contribution is 2.10. The van der Waals surface area contributed by atoms with E-state index in [0.29, 0.717) is 6.54 Å². The van der Waals surface area contributed by atoms with Gasteiger partial charge in [-0.05, 0) is 26.7 Å². The maximum Gasteiger partial charge on any atom is 0.223 e. The number of aromatic nitrogens is 1. The van der Waals surface area contributed by atoms with Crippen LogP contribution >= 0.6 is 11.3 Å². The molecule has 0 saturated carbocycles. The van der Waals surface area contributed by atoms with Gasteiger partial charge in [-0.3, -0.25) is 4.79 Å². The van der Waals surface area contributed by atoms with E-state index in [1.165, 1.54) is 0 Å². The number of amides is 1. The second-order valence-corrected chi connectivity index (χ2v) is 5.95. The molecule has 4 nitrogen and oxygen atoms in total. The number of thiazole rings is 1. The molecule has 0 bridgehead atoms. The molecular weight excluding hydrogens is 246 g/mol. The molecule has 0 spiro atoms. The number of hydrogen-bond acceptors (Lipinski definition) is 4. The number of carbonyl (C=O) groups is 1. The van der Waals surface area contributed by atoms with E-state index in [0.717, 1.165) is 30.0 Å². The number of aryl methyl sites for hydroxylation is 1. The van der Waals surface area contributed by atoms with Crippen molar-refractivity contribution in [1.29, 1.82) is 0 Å². The fourth-order valence-electron chi connectivity index (χ4n) is 1.72. The summed E-state index contributed by atoms with van der Waals surface area (Å²) >= 11 is 1.61. The Kier molecular flexibility index (Phi) is 6.29. The number of rotatable bonds is 7. The summed E-state index contributed by atoms with van der Waals surface area (Å²) in [6, 6.07) is 0.221. The monoisotopic (exact) mass is 269 g/mol. The first-order valence-corrected chi connectivity index (χ1v) is 7.31. The van der Waals surface area contributed by atoms with Crippen molar-refractivity contribution >= 4 is 17.2 Å². The molecule has 102 valence electrons. The molecule has 1 aromatic rings. The van der Waals surface area contributed by atoms with Crippen molar-refractivity contribution in [2.75, 3.05) is 0 Å². The summed E-state index contributed by atoms with van der Waals surface area (Å²) in [5, 5.41) is 5.94. The molecule has 0 fully saturated rings. The van der Waals surface area contributed by atoms with Gasteiger partial charge in [0.1, 0.15) is 0 Å². The average molecular weight is 269 g/mol. The van der Waals surface area contributed by atoms with E-state index in [4.69, 9.17) is 5.73 Å². The Bertz CT molecular complexity index is 376. The van der Waals surface area contributed by atoms with Crippen LogP contribution in [0.4, 0.5) is 0 Å². The maximum atomic E-state index is 11.8. The van der Waals surface area contributed by atoms with Crippen molar-refractivity contribution in [2.24, 2.45) is 11.7 Å². The lowest BCUT2D eigenvalue weighted by Crippen LogP contribution is -2.29. The van der Waals surface area contributed by atoms with E-state index in [1.54, 1.807) is 11.3 Å². The van der Waals surface area contributed by atoms with E-state index >= 15 is 0 Å². The normalized spacial score (nSPS) is 14.2. The van der Waals surface area contributed by atoms with Crippen molar-refractivity contribution in [3.05, 3.63) is 16.1 Å². The van der Waals surface area contributed by atoms with Gasteiger partial charge < -0.3 is 11.1 Å². The summed E-state index contributed by atoms with van der Waals surface area (Å²) in [7, 11) is 0. The zero-order chi connectivity index (χ0) is 13.5. The Morgan fingerprint density at radius 3 is 2.78 bits per heavy atom. The van der Waals surface area contributed by atoms with Crippen molar-refractivity contribution in [1.82, 2.24) is 10.3 Å². The Morgan fingerprint density at radius 1 is 1.50 bits per heavy atom. The second kappa shape index (κ2) is 7.48. The molecule has 0 aliphatic carbocycles. The SMILES string of the molecule is Cc1nc(CNC(=O)C(C)CCCC(C)N)cs1. The standard InChI is InChI=1S/C13H23N3OS/c1-9(5-4-6-10(2)14)13(17)15-7-12-8-18-11(3)16-12/h8-10H,4-7,14H2,1-3H3,(H,15,17). The topological polar surface area (TPSA) is 68.0 Å². The number of carbonyl (C=O) groups excluding carboxylic acids is 1. The van der Waals surface area contributed by atoms with Crippen LogP contribution in [0.1, 0.15) is 43.8 Å². The predicted octanol–water partition coefficient (Wildman–Crippen LogP) is 2.22. The lowest BCUT2D eigenvalue weighted by atomic mass is 10.0. The van der Waals surface area contributed by atoms with Crippen LogP contribution in [0.15, 0.2) is 5.38 Å². The first kappa shape index (κ1) is 15.1. The first-order chi connectivity index (χ1) is 8.49. The van der Waals surface area contributed by atoms with Gasteiger partial charge in [-0.25, -0.2) is 4.98 Å². The van der Waals surface area contributed by atoms with Gasteiger partial charge in [-0.1, -0.05) is 13.3 Å². The van der Waals surface area contributed by atoms with Crippen LogP contribution in [0.25, 0.3) is 0 Å². The van der Waals surface area contributed by atoms with E-state index < -0.39 is 0 Å². The average Bonchev–Trinajstić information content (AvgIpc) is 2.71. The van der Waals surface area contributed by atoms with Gasteiger partial charge in [0.05, 0.1) is 17.2 Å². The summed E-state index contributed by atoms with van der Waals surface area (Å²) in [6.07, 6.45) is 2.87. The minimum absolute atomic E-state index is 0.0449. The molecule has 3 N–H and O–H groups in total. The molecule has 1 heterocycles. The Labute approximate surface area is 113 Å². The molecule has 1 rings (SSSR count). The van der Waals surface area contributed by atoms with Gasteiger partial charge in [0.2, 0.25) is 5.91 Å². The lowest BCUT2D eigenvalue weighted by Gasteiger charge is -2.12. The summed E-state index contributed by atoms with van der Waals surface area (Å²) in [6.45, 7) is 6.45. The molecule has 2 atom stereocenters. The van der Waals surface area contributed by atoms with E-state index in [2.05, 4.69) is 10.3 Å². The van der Waals surface area contributed by atoms with Crippen LogP contribution in [-0.4, -0.2) is 16.9 Å². The van der Waals surface area contributed by atoms with Crippen LogP contribution in [0.3, 0.4) is 0 Å². The fraction of sp³-hybridized carbons (Fsp3) is 0.692. The third kappa shape index (κ3) is 5.60. The smallest absolute Gasteiger partial charge is 0.223 e. The van der Waals surface area contributed by atoms with E-state index in [1.807, 2.05) is 26.2 Å². The molecule has 0 aliphatic rings. The van der Waals surface area contributed by atoms with Gasteiger partial charge >= 0.3 is 0 Å². The van der Waals surface area contributed by atoms with E-state index in [-0.39, 0.29) is 17.9 Å². The van der Waals surface area contributed by atoms with Crippen LogP contribution in [0.2, 0.25) is 0 Å². The Hall–Kier alpha value is -0.940. The van der Waals surface area contributed by atoms with Crippen LogP contribution in [0, 0.1) is 12.8 Å². The molecule has 0 saturated heterocycles. The van der Waals surface area contributed by atoms with Crippen molar-refractivity contribution in [3.8, 4) is 0 Å². The third-order valence-electron chi connectivity index (χ3n) is 2.85. The summed E-state index contributed by atoms with van der Waals surface area (Å²) in [5.41, 5.74) is 6.62. The molecule has 0 aliphatic heterocycles. The Morgan fingerprint density at radius 2 is 2.22 bits per heavy atom. The zero-order valence-electron chi connectivity index (χ0n) is 11.4. The highest BCUT2D eigenvalue weighted by atomic mass is 32.1. The fourth-order valence-corrected chi connectivity index (χ4v) is 2.33. The Balaban J connectivity index is 2.23. The van der Waals surface area contributed by atoms with Crippen LogP contribution < -0.4 is 11.1 Å². The molecule has 1 amide bonds. The number of nitrogens with one attached hydrogen (secondary N) is 1. The minimum atomic E-state index is 0.0449. The van der Waals surface area contributed by atoms with Gasteiger partial charge in [-0.15, -0.1) is 11.3 Å². The molecule has 18 heavy (non-hydrogen) atoms. The van der Waals surface area contributed by atoms with Gasteiger partial charge in [0.25, 0.3) is 0 Å². The molecule has 0 radical (unpaired) electrons. The maximum absolute atomic E-state index is 11.8. The summed E-state index contributed by atoms with van der Waals surface area (Å²) in [4.78, 5) is 16.1. The number of nitrogens with two attached hydrogens (primary N) is 1. The highest BCUT2D eigenvalue weighted by molar-refractivity contribution is 7.09. The van der Waals surface area contributed by atoms with Gasteiger partial charge in [0, 0.05) is 17.3 Å². The molecular formula is C13H23N3OS. The summed E-state index contributed by atoms with van der Waals surface area (Å²) < 4.78 is 0. The van der Waals surface area contributed by atoms with E-state index in [9.17, 15) is 4.79 Å². The largest absolute Gasteiger partial charge is 0.350 e. The molecule has 0 aromatic carbocycles. The first-order valence-electron chi connectivity index (χ1n) is 6.43. The minimum Gasteiger partial charge on any atom is -0.350 e. The summed E-state index contributed by atoms with van der Waals surface area (Å²) in [5.74, 6) is 0.147. The quantitative estimate of drug-likeness (QED) is 0.797. The zero-order valence-corrected chi connectivity index (χ0v) is 12.2.